The van der Waals surface area contributed by atoms with E-state index in [1.807, 2.05) is 48.5 Å². The topological polar surface area (TPSA) is 46.5 Å². The molecule has 1 N–H and O–H groups in total. The molecule has 6 heteroatoms. The number of fused-ring (bicyclic) bond motifs is 6. The van der Waals surface area contributed by atoms with Crippen molar-refractivity contribution < 1.29 is 27.1 Å². The second kappa shape index (κ2) is 9.34. The Morgan fingerprint density at radius 3 is 1.84 bits per heavy atom. The highest BCUT2D eigenvalue weighted by atomic mass is 19.1. The van der Waals surface area contributed by atoms with Crippen LogP contribution in [0, 0.1) is 17.5 Å². The summed E-state index contributed by atoms with van der Waals surface area (Å²) in [6, 6.07) is 32.3. The summed E-state index contributed by atoms with van der Waals surface area (Å²) < 4.78 is 56.6. The van der Waals surface area contributed by atoms with Gasteiger partial charge in [0.2, 0.25) is 0 Å². The van der Waals surface area contributed by atoms with E-state index >= 15 is 0 Å². The van der Waals surface area contributed by atoms with Crippen LogP contribution in [0.5, 0.6) is 0 Å². The summed E-state index contributed by atoms with van der Waals surface area (Å²) in [5.74, 6) is -1.51. The molecule has 43 heavy (non-hydrogen) atoms. The summed E-state index contributed by atoms with van der Waals surface area (Å²) in [5, 5.41) is 15.8. The van der Waals surface area contributed by atoms with Gasteiger partial charge in [-0.1, -0.05) is 72.8 Å². The van der Waals surface area contributed by atoms with Crippen LogP contribution in [0.15, 0.2) is 130 Å². The van der Waals surface area contributed by atoms with Gasteiger partial charge in [-0.15, -0.1) is 0 Å². The molecular weight excluding hydrogens is 549 g/mol. The highest BCUT2D eigenvalue weighted by molar-refractivity contribution is 6.15. The van der Waals surface area contributed by atoms with E-state index in [4.69, 9.17) is 8.83 Å². The molecule has 0 saturated heterocycles. The van der Waals surface area contributed by atoms with E-state index in [-0.39, 0.29) is 11.1 Å². The second-order valence-electron chi connectivity index (χ2n) is 10.6. The molecule has 0 fully saturated rings. The number of aliphatic hydroxyl groups is 1. The molecule has 0 unspecified atom stereocenters. The van der Waals surface area contributed by atoms with Gasteiger partial charge in [0.25, 0.3) is 0 Å². The molecule has 0 aliphatic heterocycles. The molecule has 8 rings (SSSR count). The van der Waals surface area contributed by atoms with Gasteiger partial charge in [-0.05, 0) is 59.7 Å². The Labute approximate surface area is 243 Å². The van der Waals surface area contributed by atoms with E-state index in [0.717, 1.165) is 10.8 Å². The van der Waals surface area contributed by atoms with E-state index in [1.54, 1.807) is 24.3 Å². The summed E-state index contributed by atoms with van der Waals surface area (Å²) in [5.41, 5.74) is 1.81. The van der Waals surface area contributed by atoms with Gasteiger partial charge in [0.1, 0.15) is 45.4 Å². The molecular formula is C37H21F3O3. The van der Waals surface area contributed by atoms with E-state index in [1.165, 1.54) is 48.5 Å². The third-order valence-electron chi connectivity index (χ3n) is 8.15. The number of hydrogen-bond donors (Lipinski definition) is 1. The van der Waals surface area contributed by atoms with Gasteiger partial charge in [0, 0.05) is 38.2 Å². The number of para-hydroxylation sites is 2. The van der Waals surface area contributed by atoms with Crippen LogP contribution in [0.2, 0.25) is 0 Å². The fourth-order valence-corrected chi connectivity index (χ4v) is 6.23. The Balaban J connectivity index is 1.56. The SMILES string of the molecule is OC(c1cccc(F)c1)(c1cccc(F)c1)c1ccc2c(oc3ccccc32)c1-c1cccc2c1oc1ccc(F)cc12. The number of rotatable bonds is 4. The van der Waals surface area contributed by atoms with Crippen LogP contribution in [0.1, 0.15) is 16.7 Å². The van der Waals surface area contributed by atoms with Crippen molar-refractivity contribution >= 4 is 43.9 Å². The smallest absolute Gasteiger partial charge is 0.143 e. The monoisotopic (exact) mass is 570 g/mol. The van der Waals surface area contributed by atoms with E-state index in [9.17, 15) is 18.3 Å². The molecule has 8 aromatic rings. The summed E-state index contributed by atoms with van der Waals surface area (Å²) in [4.78, 5) is 0. The average molecular weight is 571 g/mol. The predicted octanol–water partition coefficient (Wildman–Crippen LogP) is 9.85. The first-order chi connectivity index (χ1) is 20.9. The van der Waals surface area contributed by atoms with Crippen LogP contribution in [0.4, 0.5) is 13.2 Å². The standard InChI is InChI=1S/C37H21F3O3/c38-23-8-3-6-21(18-23)37(41,22-7-4-9-24(39)19-22)31-16-15-28-26-10-1-2-13-32(26)43-36(28)34(31)29-12-5-11-27-30-20-25(40)14-17-33(30)42-35(27)29/h1-20,41H. The molecule has 0 aliphatic rings. The predicted molar refractivity (Wildman–Crippen MR) is 161 cm³/mol. The van der Waals surface area contributed by atoms with Gasteiger partial charge in [0.05, 0.1) is 0 Å². The molecule has 0 bridgehead atoms. The van der Waals surface area contributed by atoms with Crippen LogP contribution >= 0.6 is 0 Å². The molecule has 2 aromatic heterocycles. The Bertz CT molecular complexity index is 2320. The first-order valence-electron chi connectivity index (χ1n) is 13.7. The zero-order valence-electron chi connectivity index (χ0n) is 22.4. The minimum atomic E-state index is -2.02. The highest BCUT2D eigenvalue weighted by Crippen LogP contribution is 2.48. The molecule has 208 valence electrons. The quantitative estimate of drug-likeness (QED) is 0.214. The molecule has 0 spiro atoms. The maximum atomic E-state index is 14.7. The largest absolute Gasteiger partial charge is 0.455 e. The molecule has 0 radical (unpaired) electrons. The Hall–Kier alpha value is -5.33. The molecule has 0 amide bonds. The van der Waals surface area contributed by atoms with Crippen molar-refractivity contribution in [3.05, 3.63) is 155 Å². The number of halogens is 3. The maximum absolute atomic E-state index is 14.7. The van der Waals surface area contributed by atoms with Crippen molar-refractivity contribution in [3.8, 4) is 11.1 Å². The molecule has 0 saturated carbocycles. The second-order valence-corrected chi connectivity index (χ2v) is 10.6. The minimum Gasteiger partial charge on any atom is -0.455 e. The molecule has 2 heterocycles. The van der Waals surface area contributed by atoms with Gasteiger partial charge in [0.15, 0.2) is 0 Å². The normalized spacial score (nSPS) is 12.2. The molecule has 6 aromatic carbocycles. The maximum Gasteiger partial charge on any atom is 0.143 e. The highest BCUT2D eigenvalue weighted by Gasteiger charge is 2.39. The summed E-state index contributed by atoms with van der Waals surface area (Å²) in [6.45, 7) is 0. The fourth-order valence-electron chi connectivity index (χ4n) is 6.23. The van der Waals surface area contributed by atoms with Crippen molar-refractivity contribution in [2.45, 2.75) is 5.60 Å². The van der Waals surface area contributed by atoms with E-state index in [0.29, 0.717) is 49.8 Å². The van der Waals surface area contributed by atoms with E-state index in [2.05, 4.69) is 0 Å². The van der Waals surface area contributed by atoms with Crippen LogP contribution in [0.3, 0.4) is 0 Å². The molecule has 0 aliphatic carbocycles. The molecule has 0 atom stereocenters. The Morgan fingerprint density at radius 1 is 0.488 bits per heavy atom. The summed E-state index contributed by atoms with van der Waals surface area (Å²) >= 11 is 0. The number of hydrogen-bond acceptors (Lipinski definition) is 3. The Kier molecular flexibility index (Phi) is 5.52. The lowest BCUT2D eigenvalue weighted by Crippen LogP contribution is -2.30. The lowest BCUT2D eigenvalue weighted by molar-refractivity contribution is 0.125. The number of benzene rings is 6. The van der Waals surface area contributed by atoms with Crippen molar-refractivity contribution in [2.75, 3.05) is 0 Å². The van der Waals surface area contributed by atoms with Gasteiger partial charge < -0.3 is 13.9 Å². The Morgan fingerprint density at radius 2 is 1.09 bits per heavy atom. The van der Waals surface area contributed by atoms with Gasteiger partial charge >= 0.3 is 0 Å². The fraction of sp³-hybridized carbons (Fsp3) is 0.0270. The summed E-state index contributed by atoms with van der Waals surface area (Å²) in [7, 11) is 0. The lowest BCUT2D eigenvalue weighted by atomic mass is 9.76. The van der Waals surface area contributed by atoms with Crippen LogP contribution < -0.4 is 0 Å². The van der Waals surface area contributed by atoms with Gasteiger partial charge in [-0.3, -0.25) is 0 Å². The van der Waals surface area contributed by atoms with Crippen LogP contribution in [-0.4, -0.2) is 5.11 Å². The van der Waals surface area contributed by atoms with Crippen molar-refractivity contribution in [2.24, 2.45) is 0 Å². The number of furan rings is 2. The van der Waals surface area contributed by atoms with Crippen LogP contribution in [0.25, 0.3) is 55.0 Å². The van der Waals surface area contributed by atoms with Gasteiger partial charge in [-0.25, -0.2) is 13.2 Å². The third kappa shape index (κ3) is 3.80. The van der Waals surface area contributed by atoms with Gasteiger partial charge in [-0.2, -0.15) is 0 Å². The first-order valence-corrected chi connectivity index (χ1v) is 13.7. The van der Waals surface area contributed by atoms with Crippen molar-refractivity contribution in [1.82, 2.24) is 0 Å². The van der Waals surface area contributed by atoms with Crippen LogP contribution in [-0.2, 0) is 5.60 Å². The van der Waals surface area contributed by atoms with E-state index < -0.39 is 23.1 Å². The minimum absolute atomic E-state index is 0.202. The zero-order valence-corrected chi connectivity index (χ0v) is 22.4. The van der Waals surface area contributed by atoms with Crippen molar-refractivity contribution in [3.63, 3.8) is 0 Å². The third-order valence-corrected chi connectivity index (χ3v) is 8.15. The zero-order chi connectivity index (χ0) is 29.3. The summed E-state index contributed by atoms with van der Waals surface area (Å²) in [6.07, 6.45) is 0. The lowest BCUT2D eigenvalue weighted by Gasteiger charge is -2.32. The molecule has 3 nitrogen and oxygen atoms in total. The average Bonchev–Trinajstić information content (AvgIpc) is 3.58. The van der Waals surface area contributed by atoms with Crippen molar-refractivity contribution in [1.29, 1.82) is 0 Å². The first kappa shape index (κ1) is 25.4.